The van der Waals surface area contributed by atoms with Gasteiger partial charge in [0.25, 0.3) is 0 Å². The van der Waals surface area contributed by atoms with Crippen molar-refractivity contribution in [3.05, 3.63) is 35.9 Å². The Morgan fingerprint density at radius 2 is 0.885 bits per heavy atom. The Balaban J connectivity index is 1.54. The minimum atomic E-state index is -1.19. The molecule has 4 rings (SSSR count). The maximum absolute atomic E-state index is 15.0. The van der Waals surface area contributed by atoms with E-state index in [9.17, 15) is 57.8 Å². The summed E-state index contributed by atoms with van der Waals surface area (Å²) in [5.74, 6) is -8.50. The third-order valence-electron chi connectivity index (χ3n) is 18.3. The van der Waals surface area contributed by atoms with Crippen LogP contribution in [-0.2, 0) is 59.2 Å². The smallest absolute Gasteiger partial charge is 0.326 e. The average molecular weight is 1220 g/mol. The van der Waals surface area contributed by atoms with E-state index < -0.39 is 155 Å². The van der Waals surface area contributed by atoms with Crippen LogP contribution in [-0.4, -0.2) is 238 Å². The summed E-state index contributed by atoms with van der Waals surface area (Å²) in [6.07, 6.45) is 2.86. The van der Waals surface area contributed by atoms with Crippen molar-refractivity contribution >= 4 is 65.0 Å². The molecule has 0 unspecified atom stereocenters. The first-order chi connectivity index (χ1) is 40.7. The number of aliphatic carboxylic acids is 1. The minimum Gasteiger partial charge on any atom is -0.480 e. The van der Waals surface area contributed by atoms with Gasteiger partial charge >= 0.3 is 5.97 Å². The normalized spacial score (nSPS) is 20.1. The lowest BCUT2D eigenvalue weighted by molar-refractivity contribution is -0.156. The SMILES string of the molecule is CC[C@H](C)[C@H](NC(=O)[C@H](C(C)C)N(C)C(=O)[C@@H]1CCCN1C(=O)[C@H](C(C)C)N(C)C(=O)[C@H](C(C)C)N(C)C(=O)[C@@H](NC(=O)[C@H](C)NC)C(C)C)C(=O)N1CCC[C@H]1C(=O)N(C)[C@H](C(=O)N1CCC[C@H]1C(=O)N(C)[C@@H](Cc1ccccc1)C(=O)O)C(C)C. The lowest BCUT2D eigenvalue weighted by atomic mass is 9.94. The molecule has 23 heteroatoms. The van der Waals surface area contributed by atoms with Gasteiger partial charge in [-0.2, -0.15) is 0 Å². The monoisotopic (exact) mass is 1220 g/mol. The fourth-order valence-electron chi connectivity index (χ4n) is 12.9. The number of amides is 10. The van der Waals surface area contributed by atoms with Crippen LogP contribution >= 0.6 is 0 Å². The van der Waals surface area contributed by atoms with Crippen LogP contribution in [0, 0.1) is 35.5 Å². The molecule has 0 aromatic heterocycles. The number of likely N-dealkylation sites (tertiary alicyclic amines) is 3. The van der Waals surface area contributed by atoms with Gasteiger partial charge in [-0.25, -0.2) is 4.79 Å². The van der Waals surface area contributed by atoms with Gasteiger partial charge in [0, 0.05) is 61.3 Å². The molecule has 3 saturated heterocycles. The standard InChI is InChI=1S/C64H105N11O12/c1-20-41(12)49(60(82)73-32-24-30-45(73)58(80)70(17)52(39(8)9)62(84)74-33-25-29-44(74)56(78)68(15)47(64(86)87)35-43-27-22-21-23-28-43)67-55(77)50(37(4)5)69(16)57(79)46-31-26-34-75(46)63(85)53(40(10)11)72(19)61(83)51(38(6)7)71(18)59(81)48(36(2)3)66-54(76)42(13)65-14/h21-23,27-28,36-42,44-53,65H,20,24-26,29-35H2,1-19H3,(H,66,76)(H,67,77)(H,86,87)/t41-,42-,44-,45-,46-,47-,48-,49-,50-,51-,52-,53-/m0/s1. The number of carboxylic acid groups (broad SMARTS) is 1. The van der Waals surface area contributed by atoms with Gasteiger partial charge in [0.15, 0.2) is 0 Å². The summed E-state index contributed by atoms with van der Waals surface area (Å²) in [5.41, 5.74) is 0.736. The van der Waals surface area contributed by atoms with Crippen molar-refractivity contribution in [2.24, 2.45) is 35.5 Å². The van der Waals surface area contributed by atoms with E-state index >= 15 is 0 Å². The Kier molecular flexibility index (Phi) is 26.8. The van der Waals surface area contributed by atoms with Gasteiger partial charge in [0.1, 0.15) is 60.4 Å². The largest absolute Gasteiger partial charge is 0.480 e. The number of benzene rings is 1. The van der Waals surface area contributed by atoms with Crippen LogP contribution in [0.2, 0.25) is 0 Å². The highest BCUT2D eigenvalue weighted by atomic mass is 16.4. The summed E-state index contributed by atoms with van der Waals surface area (Å²) >= 11 is 0. The van der Waals surface area contributed by atoms with E-state index in [0.29, 0.717) is 32.1 Å². The molecule has 4 N–H and O–H groups in total. The molecular weight excluding hydrogens is 1110 g/mol. The molecule has 23 nitrogen and oxygen atoms in total. The van der Waals surface area contributed by atoms with E-state index in [1.54, 1.807) is 107 Å². The summed E-state index contributed by atoms with van der Waals surface area (Å²) in [4.78, 5) is 168. The van der Waals surface area contributed by atoms with Crippen molar-refractivity contribution in [1.82, 2.24) is 55.1 Å². The number of carboxylic acids is 1. The Hall–Kier alpha value is -6.65. The molecule has 0 radical (unpaired) electrons. The van der Waals surface area contributed by atoms with E-state index in [-0.39, 0.29) is 50.7 Å². The quantitative estimate of drug-likeness (QED) is 0.0940. The zero-order valence-corrected chi connectivity index (χ0v) is 55.5. The van der Waals surface area contributed by atoms with Gasteiger partial charge in [-0.1, -0.05) is 120 Å². The highest BCUT2D eigenvalue weighted by Gasteiger charge is 2.49. The van der Waals surface area contributed by atoms with Crippen LogP contribution in [0.5, 0.6) is 0 Å². The second-order valence-electron chi connectivity index (χ2n) is 26.2. The molecule has 87 heavy (non-hydrogen) atoms. The van der Waals surface area contributed by atoms with Gasteiger partial charge in [-0.15, -0.1) is 0 Å². The van der Waals surface area contributed by atoms with Gasteiger partial charge in [0.05, 0.1) is 6.04 Å². The lowest BCUT2D eigenvalue weighted by Gasteiger charge is -2.41. The van der Waals surface area contributed by atoms with Crippen LogP contribution in [0.15, 0.2) is 30.3 Å². The first kappa shape index (κ1) is 72.8. The first-order valence-electron chi connectivity index (χ1n) is 31.5. The van der Waals surface area contributed by atoms with E-state index in [4.69, 9.17) is 0 Å². The third-order valence-corrected chi connectivity index (χ3v) is 18.3. The van der Waals surface area contributed by atoms with Gasteiger partial charge < -0.3 is 60.3 Å². The van der Waals surface area contributed by atoms with E-state index in [0.717, 1.165) is 5.56 Å². The highest BCUT2D eigenvalue weighted by molar-refractivity contribution is 5.99. The number of rotatable bonds is 28. The number of nitrogens with one attached hydrogen (secondary N) is 3. The molecule has 3 aliphatic rings. The van der Waals surface area contributed by atoms with Crippen LogP contribution in [0.1, 0.15) is 141 Å². The molecule has 0 saturated carbocycles. The summed E-state index contributed by atoms with van der Waals surface area (Å²) in [6.45, 7) is 24.0. The lowest BCUT2D eigenvalue weighted by Crippen LogP contribution is -2.63. The van der Waals surface area contributed by atoms with Gasteiger partial charge in [-0.3, -0.25) is 47.9 Å². The van der Waals surface area contributed by atoms with Crippen LogP contribution < -0.4 is 16.0 Å². The maximum Gasteiger partial charge on any atom is 0.326 e. The Labute approximate surface area is 517 Å². The first-order valence-corrected chi connectivity index (χ1v) is 31.5. The Morgan fingerprint density at radius 3 is 1.29 bits per heavy atom. The Morgan fingerprint density at radius 1 is 0.494 bits per heavy atom. The van der Waals surface area contributed by atoms with Crippen molar-refractivity contribution < 1.29 is 57.8 Å². The fraction of sp³-hybridized carbons (Fsp3) is 0.734. The van der Waals surface area contributed by atoms with Crippen LogP contribution in [0.4, 0.5) is 0 Å². The zero-order chi connectivity index (χ0) is 65.8. The highest BCUT2D eigenvalue weighted by Crippen LogP contribution is 2.31. The second-order valence-corrected chi connectivity index (χ2v) is 26.2. The zero-order valence-electron chi connectivity index (χ0n) is 55.5. The van der Waals surface area contributed by atoms with E-state index in [2.05, 4.69) is 16.0 Å². The van der Waals surface area contributed by atoms with Crippen molar-refractivity contribution in [2.75, 3.05) is 61.9 Å². The van der Waals surface area contributed by atoms with E-state index in [1.165, 1.54) is 74.4 Å². The molecule has 0 bridgehead atoms. The van der Waals surface area contributed by atoms with Crippen molar-refractivity contribution in [1.29, 1.82) is 0 Å². The van der Waals surface area contributed by atoms with Crippen molar-refractivity contribution in [2.45, 2.75) is 208 Å². The number of hydrogen-bond donors (Lipinski definition) is 4. The van der Waals surface area contributed by atoms with Gasteiger partial charge in [-0.05, 0) is 93.6 Å². The number of carbonyl (C=O) groups excluding carboxylic acids is 10. The summed E-state index contributed by atoms with van der Waals surface area (Å²) in [5, 5.41) is 18.9. The molecule has 0 spiro atoms. The third kappa shape index (κ3) is 17.0. The molecule has 3 fully saturated rings. The van der Waals surface area contributed by atoms with Crippen LogP contribution in [0.25, 0.3) is 0 Å². The average Bonchev–Trinajstić information content (AvgIpc) is 2.20. The van der Waals surface area contributed by atoms with Crippen LogP contribution in [0.3, 0.4) is 0 Å². The summed E-state index contributed by atoms with van der Waals surface area (Å²) < 4.78 is 0. The molecule has 3 aliphatic heterocycles. The molecule has 3 heterocycles. The molecule has 12 atom stereocenters. The summed E-state index contributed by atoms with van der Waals surface area (Å²) in [7, 11) is 9.14. The molecular formula is C64H105N11O12. The summed E-state index contributed by atoms with van der Waals surface area (Å²) in [6, 6.07) is -1.97. The van der Waals surface area contributed by atoms with Gasteiger partial charge in [0.2, 0.25) is 59.1 Å². The molecule has 1 aromatic rings. The molecule has 1 aromatic carbocycles. The van der Waals surface area contributed by atoms with E-state index in [1.807, 2.05) is 19.9 Å². The molecule has 10 amide bonds. The fourth-order valence-corrected chi connectivity index (χ4v) is 12.9. The maximum atomic E-state index is 15.0. The topological polar surface area (TPSA) is 270 Å². The predicted octanol–water partition coefficient (Wildman–Crippen LogP) is 3.33. The number of carbonyl (C=O) groups is 11. The second kappa shape index (κ2) is 32.0. The number of nitrogens with zero attached hydrogens (tertiary/aromatic N) is 8. The van der Waals surface area contributed by atoms with Crippen molar-refractivity contribution in [3.8, 4) is 0 Å². The number of hydrogen-bond acceptors (Lipinski definition) is 12. The Bertz CT molecular complexity index is 2600. The minimum absolute atomic E-state index is 0.0689. The number of likely N-dealkylation sites (N-methyl/N-ethyl adjacent to an activating group) is 6. The molecule has 488 valence electrons. The predicted molar refractivity (Wildman–Crippen MR) is 331 cm³/mol. The molecule has 0 aliphatic carbocycles. The van der Waals surface area contributed by atoms with Crippen molar-refractivity contribution in [3.63, 3.8) is 0 Å².